The second kappa shape index (κ2) is 11.6. The average Bonchev–Trinajstić information content (AvgIpc) is 2.75. The van der Waals surface area contributed by atoms with Gasteiger partial charge in [0, 0.05) is 10.6 Å². The predicted octanol–water partition coefficient (Wildman–Crippen LogP) is 8.37. The maximum absolute atomic E-state index is 14.7. The van der Waals surface area contributed by atoms with Gasteiger partial charge in [-0.2, -0.15) is 0 Å². The van der Waals surface area contributed by atoms with Gasteiger partial charge < -0.3 is 4.74 Å². The lowest BCUT2D eigenvalue weighted by atomic mass is 9.77. The summed E-state index contributed by atoms with van der Waals surface area (Å²) in [4.78, 5) is 0.747. The Morgan fingerprint density at radius 1 is 0.966 bits per heavy atom. The zero-order chi connectivity index (χ0) is 20.5. The summed E-state index contributed by atoms with van der Waals surface area (Å²) >= 11 is 1.57. The Morgan fingerprint density at radius 2 is 1.72 bits per heavy atom. The van der Waals surface area contributed by atoms with Crippen molar-refractivity contribution in [2.24, 2.45) is 5.92 Å². The molecule has 3 heteroatoms. The molecule has 158 valence electrons. The summed E-state index contributed by atoms with van der Waals surface area (Å²) < 4.78 is 20.4. The van der Waals surface area contributed by atoms with Crippen LogP contribution in [0.2, 0.25) is 0 Å². The highest BCUT2D eigenvalue weighted by Gasteiger charge is 2.22. The van der Waals surface area contributed by atoms with E-state index in [1.54, 1.807) is 17.8 Å². The summed E-state index contributed by atoms with van der Waals surface area (Å²) in [6.45, 7) is 5.20. The Balaban J connectivity index is 1.50. The van der Waals surface area contributed by atoms with Crippen LogP contribution in [0, 0.1) is 11.7 Å². The zero-order valence-corrected chi connectivity index (χ0v) is 18.8. The molecule has 2 aromatic carbocycles. The molecule has 0 heterocycles. The fourth-order valence-corrected chi connectivity index (χ4v) is 5.13. The van der Waals surface area contributed by atoms with Crippen LogP contribution >= 0.6 is 11.8 Å². The lowest BCUT2D eigenvalue weighted by molar-refractivity contribution is 0.308. The fraction of sp³-hybridized carbons (Fsp3) is 0.538. The van der Waals surface area contributed by atoms with E-state index >= 15 is 0 Å². The van der Waals surface area contributed by atoms with E-state index in [4.69, 9.17) is 4.74 Å². The van der Waals surface area contributed by atoms with Gasteiger partial charge in [0.1, 0.15) is 11.6 Å². The number of benzene rings is 2. The molecule has 0 bridgehead atoms. The molecule has 0 atom stereocenters. The largest absolute Gasteiger partial charge is 0.494 e. The van der Waals surface area contributed by atoms with Crippen LogP contribution in [0.4, 0.5) is 4.39 Å². The number of rotatable bonds is 10. The van der Waals surface area contributed by atoms with E-state index in [2.05, 4.69) is 32.0 Å². The summed E-state index contributed by atoms with van der Waals surface area (Å²) in [7, 11) is 0. The van der Waals surface area contributed by atoms with Gasteiger partial charge in [-0.1, -0.05) is 51.3 Å². The quantitative estimate of drug-likeness (QED) is 0.285. The van der Waals surface area contributed by atoms with Crippen LogP contribution in [-0.4, -0.2) is 6.61 Å². The van der Waals surface area contributed by atoms with E-state index in [0.29, 0.717) is 5.92 Å². The Kier molecular flexibility index (Phi) is 8.92. The molecule has 2 aromatic rings. The lowest BCUT2D eigenvalue weighted by Crippen LogP contribution is -2.13. The highest BCUT2D eigenvalue weighted by atomic mass is 32.2. The first kappa shape index (κ1) is 22.2. The number of halogens is 1. The van der Waals surface area contributed by atoms with Crippen molar-refractivity contribution in [2.45, 2.75) is 81.8 Å². The molecule has 0 unspecified atom stereocenters. The Morgan fingerprint density at radius 3 is 2.38 bits per heavy atom. The number of ether oxygens (including phenoxy) is 1. The molecule has 0 aliphatic heterocycles. The van der Waals surface area contributed by atoms with Gasteiger partial charge in [0.05, 0.1) is 6.61 Å². The molecule has 0 N–H and O–H groups in total. The number of thioether (sulfide) groups is 1. The average molecular weight is 415 g/mol. The third kappa shape index (κ3) is 6.77. The van der Waals surface area contributed by atoms with Gasteiger partial charge in [-0.25, -0.2) is 4.39 Å². The molecule has 1 aliphatic rings. The first-order valence-corrected chi connectivity index (χ1v) is 12.3. The maximum atomic E-state index is 14.7. The van der Waals surface area contributed by atoms with E-state index in [9.17, 15) is 4.39 Å². The summed E-state index contributed by atoms with van der Waals surface area (Å²) in [5.41, 5.74) is 2.38. The molecule has 1 fully saturated rings. The van der Waals surface area contributed by atoms with E-state index in [-0.39, 0.29) is 5.82 Å². The van der Waals surface area contributed by atoms with Gasteiger partial charge in [0.25, 0.3) is 0 Å². The molecule has 1 nitrogen and oxygen atoms in total. The minimum absolute atomic E-state index is 0.0669. The van der Waals surface area contributed by atoms with Gasteiger partial charge in [-0.15, -0.1) is 11.8 Å². The number of hydrogen-bond donors (Lipinski definition) is 0. The normalized spacial score (nSPS) is 19.3. The van der Waals surface area contributed by atoms with Crippen molar-refractivity contribution in [1.82, 2.24) is 0 Å². The third-order valence-electron chi connectivity index (χ3n) is 6.06. The Hall–Kier alpha value is -1.48. The van der Waals surface area contributed by atoms with Crippen molar-refractivity contribution < 1.29 is 9.13 Å². The maximum Gasteiger partial charge on any atom is 0.137 e. The molecule has 0 spiro atoms. The Bertz CT molecular complexity index is 735. The van der Waals surface area contributed by atoms with E-state index in [1.165, 1.54) is 49.7 Å². The van der Waals surface area contributed by atoms with Crippen LogP contribution in [0.3, 0.4) is 0 Å². The molecule has 0 amide bonds. The summed E-state index contributed by atoms with van der Waals surface area (Å²) in [5.74, 6) is 3.04. The summed E-state index contributed by atoms with van der Waals surface area (Å²) in [6.07, 6.45) is 9.87. The van der Waals surface area contributed by atoms with Crippen LogP contribution in [-0.2, 0) is 5.75 Å². The van der Waals surface area contributed by atoms with Crippen molar-refractivity contribution >= 4 is 11.8 Å². The van der Waals surface area contributed by atoms with Crippen molar-refractivity contribution in [3.8, 4) is 5.75 Å². The molecule has 0 radical (unpaired) electrons. The zero-order valence-electron chi connectivity index (χ0n) is 18.0. The number of hydrogen-bond acceptors (Lipinski definition) is 2. The molecule has 0 aromatic heterocycles. The van der Waals surface area contributed by atoms with Crippen LogP contribution in [0.1, 0.15) is 82.3 Å². The van der Waals surface area contributed by atoms with Crippen molar-refractivity contribution in [1.29, 1.82) is 0 Å². The first-order chi connectivity index (χ1) is 14.2. The predicted molar refractivity (Wildman–Crippen MR) is 122 cm³/mol. The Labute approximate surface area is 180 Å². The molecule has 29 heavy (non-hydrogen) atoms. The van der Waals surface area contributed by atoms with Gasteiger partial charge in [-0.3, -0.25) is 0 Å². The van der Waals surface area contributed by atoms with Crippen molar-refractivity contribution in [3.05, 3.63) is 59.4 Å². The molecular weight excluding hydrogens is 379 g/mol. The number of unbranched alkanes of at least 4 members (excludes halogenated alkanes) is 1. The highest BCUT2D eigenvalue weighted by molar-refractivity contribution is 7.98. The van der Waals surface area contributed by atoms with E-state index in [0.717, 1.165) is 41.8 Å². The molecule has 0 saturated heterocycles. The third-order valence-corrected chi connectivity index (χ3v) is 7.18. The minimum atomic E-state index is -0.0669. The SMILES string of the molecule is CCCCOc1ccc(CSc2ccc(C3CCC(CCC)CC3)cc2F)cc1. The van der Waals surface area contributed by atoms with Gasteiger partial charge in [-0.05, 0) is 79.3 Å². The van der Waals surface area contributed by atoms with Crippen molar-refractivity contribution in [3.63, 3.8) is 0 Å². The first-order valence-electron chi connectivity index (χ1n) is 11.3. The lowest BCUT2D eigenvalue weighted by Gasteiger charge is -2.28. The minimum Gasteiger partial charge on any atom is -0.494 e. The van der Waals surface area contributed by atoms with Crippen molar-refractivity contribution in [2.75, 3.05) is 6.61 Å². The second-order valence-electron chi connectivity index (χ2n) is 8.33. The van der Waals surface area contributed by atoms with Crippen LogP contribution < -0.4 is 4.74 Å². The van der Waals surface area contributed by atoms with Crippen LogP contribution in [0.25, 0.3) is 0 Å². The topological polar surface area (TPSA) is 9.23 Å². The van der Waals surface area contributed by atoms with E-state index in [1.807, 2.05) is 18.2 Å². The molecule has 3 rings (SSSR count). The standard InChI is InChI=1S/C26H35FOS/c1-3-5-17-28-24-14-9-21(10-15-24)19-29-26-16-13-23(18-25(26)27)22-11-7-20(6-4-2)8-12-22/h9-10,13-16,18,20,22H,3-8,11-12,17,19H2,1-2H3. The summed E-state index contributed by atoms with van der Waals surface area (Å²) in [5, 5.41) is 0. The van der Waals surface area contributed by atoms with Crippen LogP contribution in [0.15, 0.2) is 47.4 Å². The second-order valence-corrected chi connectivity index (χ2v) is 9.35. The monoisotopic (exact) mass is 414 g/mol. The summed E-state index contributed by atoms with van der Waals surface area (Å²) in [6, 6.07) is 14.1. The highest BCUT2D eigenvalue weighted by Crippen LogP contribution is 2.38. The molecule has 1 saturated carbocycles. The van der Waals surface area contributed by atoms with E-state index < -0.39 is 0 Å². The molecular formula is C26H35FOS. The smallest absolute Gasteiger partial charge is 0.137 e. The fourth-order valence-electron chi connectivity index (χ4n) is 4.26. The van der Waals surface area contributed by atoms with Gasteiger partial charge in [0.15, 0.2) is 0 Å². The molecule has 1 aliphatic carbocycles. The van der Waals surface area contributed by atoms with Gasteiger partial charge in [0.2, 0.25) is 0 Å². The van der Waals surface area contributed by atoms with Crippen LogP contribution in [0.5, 0.6) is 5.75 Å². The van der Waals surface area contributed by atoms with Gasteiger partial charge >= 0.3 is 0 Å².